The van der Waals surface area contributed by atoms with Crippen molar-refractivity contribution in [2.75, 3.05) is 6.61 Å². The molecule has 0 aliphatic rings. The Morgan fingerprint density at radius 2 is 2.17 bits per heavy atom. The van der Waals surface area contributed by atoms with E-state index in [1.165, 1.54) is 6.07 Å². The SMILES string of the molecule is N[C@H](CO)c1ccc(S)cc1O. The molecular weight excluding hydrogens is 174 g/mol. The van der Waals surface area contributed by atoms with Crippen LogP contribution in [0.25, 0.3) is 0 Å². The minimum absolute atomic E-state index is 0.0732. The van der Waals surface area contributed by atoms with E-state index >= 15 is 0 Å². The molecular formula is C8H11NO2S. The molecule has 3 nitrogen and oxygen atoms in total. The second-order valence-corrected chi connectivity index (χ2v) is 3.05. The predicted octanol–water partition coefficient (Wildman–Crippen LogP) is 0.673. The molecule has 4 heteroatoms. The lowest BCUT2D eigenvalue weighted by Crippen LogP contribution is -2.14. The predicted molar refractivity (Wildman–Crippen MR) is 49.4 cm³/mol. The van der Waals surface area contributed by atoms with Gasteiger partial charge < -0.3 is 15.9 Å². The maximum absolute atomic E-state index is 9.35. The van der Waals surface area contributed by atoms with Crippen LogP contribution in [0, 0.1) is 0 Å². The second kappa shape index (κ2) is 3.80. The van der Waals surface area contributed by atoms with Gasteiger partial charge in [0.1, 0.15) is 5.75 Å². The summed E-state index contributed by atoms with van der Waals surface area (Å²) in [7, 11) is 0. The number of aromatic hydroxyl groups is 1. The summed E-state index contributed by atoms with van der Waals surface area (Å²) in [5.41, 5.74) is 6.05. The first-order valence-corrected chi connectivity index (χ1v) is 3.98. The van der Waals surface area contributed by atoms with Crippen LogP contribution in [0.3, 0.4) is 0 Å². The molecule has 1 aromatic carbocycles. The minimum Gasteiger partial charge on any atom is -0.508 e. The number of aliphatic hydroxyl groups excluding tert-OH is 1. The number of hydrogen-bond donors (Lipinski definition) is 4. The Labute approximate surface area is 76.2 Å². The lowest BCUT2D eigenvalue weighted by molar-refractivity contribution is 0.265. The Bertz CT molecular complexity index is 278. The average molecular weight is 185 g/mol. The standard InChI is InChI=1S/C8H11NO2S/c9-7(4-10)6-2-1-5(12)3-8(6)11/h1-3,7,10-12H,4,9H2/t7-/m1/s1. The van der Waals surface area contributed by atoms with E-state index in [4.69, 9.17) is 10.8 Å². The molecule has 0 saturated carbocycles. The first-order chi connectivity index (χ1) is 5.65. The number of nitrogens with two attached hydrogens (primary N) is 1. The lowest BCUT2D eigenvalue weighted by Gasteiger charge is -2.10. The average Bonchev–Trinajstić information content (AvgIpc) is 2.03. The van der Waals surface area contributed by atoms with Crippen molar-refractivity contribution < 1.29 is 10.2 Å². The normalized spacial score (nSPS) is 12.9. The quantitative estimate of drug-likeness (QED) is 0.512. The van der Waals surface area contributed by atoms with Crippen molar-refractivity contribution >= 4 is 12.6 Å². The molecule has 0 fully saturated rings. The summed E-state index contributed by atoms with van der Waals surface area (Å²) in [5, 5.41) is 18.1. The third kappa shape index (κ3) is 1.91. The van der Waals surface area contributed by atoms with Crippen molar-refractivity contribution in [3.05, 3.63) is 23.8 Å². The van der Waals surface area contributed by atoms with E-state index in [0.717, 1.165) is 0 Å². The van der Waals surface area contributed by atoms with Crippen LogP contribution in [0.5, 0.6) is 5.75 Å². The van der Waals surface area contributed by atoms with E-state index < -0.39 is 6.04 Å². The Kier molecular flexibility index (Phi) is 2.97. The van der Waals surface area contributed by atoms with Gasteiger partial charge in [-0.2, -0.15) is 0 Å². The van der Waals surface area contributed by atoms with Crippen LogP contribution in [0.15, 0.2) is 23.1 Å². The molecule has 0 radical (unpaired) electrons. The van der Waals surface area contributed by atoms with Crippen molar-refractivity contribution in [2.24, 2.45) is 5.73 Å². The number of thiol groups is 1. The molecule has 0 heterocycles. The summed E-state index contributed by atoms with van der Waals surface area (Å²) in [4.78, 5) is 0.668. The highest BCUT2D eigenvalue weighted by Crippen LogP contribution is 2.24. The number of benzene rings is 1. The van der Waals surface area contributed by atoms with Gasteiger partial charge in [-0.05, 0) is 12.1 Å². The summed E-state index contributed by atoms with van der Waals surface area (Å²) in [6, 6.07) is 4.33. The molecule has 0 saturated heterocycles. The van der Waals surface area contributed by atoms with Gasteiger partial charge in [0.25, 0.3) is 0 Å². The Morgan fingerprint density at radius 3 is 2.67 bits per heavy atom. The fourth-order valence-corrected chi connectivity index (χ4v) is 1.14. The van der Waals surface area contributed by atoms with Crippen LogP contribution in [0.4, 0.5) is 0 Å². The largest absolute Gasteiger partial charge is 0.508 e. The summed E-state index contributed by atoms with van der Waals surface area (Å²) in [6.45, 7) is -0.181. The van der Waals surface area contributed by atoms with Crippen molar-refractivity contribution in [1.29, 1.82) is 0 Å². The van der Waals surface area contributed by atoms with Gasteiger partial charge in [0.2, 0.25) is 0 Å². The number of phenolic OH excluding ortho intramolecular Hbond substituents is 1. The van der Waals surface area contributed by atoms with Crippen molar-refractivity contribution in [2.45, 2.75) is 10.9 Å². The van der Waals surface area contributed by atoms with Gasteiger partial charge in [-0.25, -0.2) is 0 Å². The maximum Gasteiger partial charge on any atom is 0.121 e. The molecule has 0 aliphatic heterocycles. The Morgan fingerprint density at radius 1 is 1.50 bits per heavy atom. The van der Waals surface area contributed by atoms with E-state index in [-0.39, 0.29) is 12.4 Å². The molecule has 1 atom stereocenters. The molecule has 0 aromatic heterocycles. The molecule has 1 aromatic rings. The smallest absolute Gasteiger partial charge is 0.121 e. The van der Waals surface area contributed by atoms with Gasteiger partial charge in [-0.15, -0.1) is 12.6 Å². The number of aliphatic hydroxyl groups is 1. The lowest BCUT2D eigenvalue weighted by atomic mass is 10.1. The fourth-order valence-electron chi connectivity index (χ4n) is 0.944. The molecule has 0 unspecified atom stereocenters. The number of phenols is 1. The third-order valence-electron chi connectivity index (χ3n) is 1.61. The first-order valence-electron chi connectivity index (χ1n) is 3.53. The van der Waals surface area contributed by atoms with Gasteiger partial charge >= 0.3 is 0 Å². The number of hydrogen-bond acceptors (Lipinski definition) is 4. The van der Waals surface area contributed by atoms with Crippen LogP contribution in [-0.4, -0.2) is 16.8 Å². The van der Waals surface area contributed by atoms with Crippen molar-refractivity contribution in [3.63, 3.8) is 0 Å². The minimum atomic E-state index is -0.529. The van der Waals surface area contributed by atoms with Crippen LogP contribution in [0.1, 0.15) is 11.6 Å². The summed E-state index contributed by atoms with van der Waals surface area (Å²) in [5.74, 6) is 0.0732. The van der Waals surface area contributed by atoms with Gasteiger partial charge in [0.15, 0.2) is 0 Å². The van der Waals surface area contributed by atoms with E-state index in [1.54, 1.807) is 12.1 Å². The van der Waals surface area contributed by atoms with E-state index in [1.807, 2.05) is 0 Å². The van der Waals surface area contributed by atoms with Crippen molar-refractivity contribution in [3.8, 4) is 5.75 Å². The van der Waals surface area contributed by atoms with E-state index in [0.29, 0.717) is 10.5 Å². The molecule has 1 rings (SSSR count). The summed E-state index contributed by atoms with van der Waals surface area (Å²) >= 11 is 4.04. The summed E-state index contributed by atoms with van der Waals surface area (Å²) in [6.07, 6.45) is 0. The number of rotatable bonds is 2. The molecule has 0 amide bonds. The van der Waals surface area contributed by atoms with Gasteiger partial charge in [0, 0.05) is 10.5 Å². The van der Waals surface area contributed by atoms with Crippen LogP contribution >= 0.6 is 12.6 Å². The Balaban J connectivity index is 3.01. The maximum atomic E-state index is 9.35. The zero-order chi connectivity index (χ0) is 9.14. The molecule has 4 N–H and O–H groups in total. The molecule has 0 aliphatic carbocycles. The topological polar surface area (TPSA) is 66.5 Å². The Hall–Kier alpha value is -0.710. The van der Waals surface area contributed by atoms with Gasteiger partial charge in [0.05, 0.1) is 12.6 Å². The highest BCUT2D eigenvalue weighted by Gasteiger charge is 2.08. The van der Waals surface area contributed by atoms with Gasteiger partial charge in [-0.1, -0.05) is 6.07 Å². The zero-order valence-electron chi connectivity index (χ0n) is 6.44. The van der Waals surface area contributed by atoms with Gasteiger partial charge in [-0.3, -0.25) is 0 Å². The molecule has 12 heavy (non-hydrogen) atoms. The fraction of sp³-hybridized carbons (Fsp3) is 0.250. The first kappa shape index (κ1) is 9.38. The second-order valence-electron chi connectivity index (χ2n) is 2.53. The highest BCUT2D eigenvalue weighted by atomic mass is 32.1. The van der Waals surface area contributed by atoms with E-state index in [9.17, 15) is 5.11 Å². The van der Waals surface area contributed by atoms with E-state index in [2.05, 4.69) is 12.6 Å². The molecule has 0 spiro atoms. The zero-order valence-corrected chi connectivity index (χ0v) is 7.33. The monoisotopic (exact) mass is 185 g/mol. The third-order valence-corrected chi connectivity index (χ3v) is 1.89. The van der Waals surface area contributed by atoms with Crippen LogP contribution in [-0.2, 0) is 0 Å². The molecule has 0 bridgehead atoms. The highest BCUT2D eigenvalue weighted by molar-refractivity contribution is 7.80. The van der Waals surface area contributed by atoms with Crippen LogP contribution < -0.4 is 5.73 Å². The van der Waals surface area contributed by atoms with Crippen LogP contribution in [0.2, 0.25) is 0 Å². The summed E-state index contributed by atoms with van der Waals surface area (Å²) < 4.78 is 0. The van der Waals surface area contributed by atoms with Crippen molar-refractivity contribution in [1.82, 2.24) is 0 Å². The molecule has 66 valence electrons.